The van der Waals surface area contributed by atoms with E-state index in [-0.39, 0.29) is 12.0 Å². The van der Waals surface area contributed by atoms with Crippen LogP contribution in [-0.4, -0.2) is 51.5 Å². The van der Waals surface area contributed by atoms with Crippen molar-refractivity contribution in [1.82, 2.24) is 4.90 Å². The normalized spacial score (nSPS) is 16.6. The van der Waals surface area contributed by atoms with Crippen LogP contribution in [0.5, 0.6) is 17.2 Å². The van der Waals surface area contributed by atoms with E-state index in [2.05, 4.69) is 10.2 Å². The van der Waals surface area contributed by atoms with Gasteiger partial charge >= 0.3 is 5.97 Å². The average Bonchev–Trinajstić information content (AvgIpc) is 2.81. The molecule has 3 rings (SSSR count). The predicted molar refractivity (Wildman–Crippen MR) is 115 cm³/mol. The molecular formula is C23H30N2O5. The Labute approximate surface area is 177 Å². The van der Waals surface area contributed by atoms with Crippen molar-refractivity contribution in [3.05, 3.63) is 48.0 Å². The zero-order valence-electron chi connectivity index (χ0n) is 17.8. The third-order valence-corrected chi connectivity index (χ3v) is 5.26. The van der Waals surface area contributed by atoms with Gasteiger partial charge < -0.3 is 24.3 Å². The van der Waals surface area contributed by atoms with Crippen LogP contribution in [0.2, 0.25) is 0 Å². The van der Waals surface area contributed by atoms with E-state index in [1.165, 1.54) is 0 Å². The van der Waals surface area contributed by atoms with Crippen molar-refractivity contribution in [3.8, 4) is 17.2 Å². The molecule has 1 aliphatic rings. The Morgan fingerprint density at radius 2 is 1.73 bits per heavy atom. The Morgan fingerprint density at radius 1 is 1.03 bits per heavy atom. The highest BCUT2D eigenvalue weighted by atomic mass is 16.5. The molecule has 7 heteroatoms. The Balaban J connectivity index is 1.63. The predicted octanol–water partition coefficient (Wildman–Crippen LogP) is 3.68. The van der Waals surface area contributed by atoms with Crippen LogP contribution >= 0.6 is 0 Å². The minimum atomic E-state index is -0.253. The van der Waals surface area contributed by atoms with Gasteiger partial charge in [-0.25, -0.2) is 0 Å². The van der Waals surface area contributed by atoms with Gasteiger partial charge in [-0.1, -0.05) is 36.8 Å². The highest BCUT2D eigenvalue weighted by Gasteiger charge is 2.30. The first-order chi connectivity index (χ1) is 14.7. The summed E-state index contributed by atoms with van der Waals surface area (Å²) in [4.78, 5) is 14.9. The fraction of sp³-hybridized carbons (Fsp3) is 0.435. The summed E-state index contributed by atoms with van der Waals surface area (Å²) in [5.41, 5.74) is 1.82. The third kappa shape index (κ3) is 5.36. The van der Waals surface area contributed by atoms with Crippen molar-refractivity contribution < 1.29 is 23.7 Å². The first-order valence-electron chi connectivity index (χ1n) is 10.1. The van der Waals surface area contributed by atoms with Crippen LogP contribution in [0.25, 0.3) is 0 Å². The second-order valence-corrected chi connectivity index (χ2v) is 7.17. The number of benzene rings is 2. The number of anilines is 1. The average molecular weight is 415 g/mol. The van der Waals surface area contributed by atoms with E-state index in [9.17, 15) is 4.79 Å². The largest absolute Gasteiger partial charge is 0.493 e. The van der Waals surface area contributed by atoms with Crippen LogP contribution < -0.4 is 19.5 Å². The quantitative estimate of drug-likeness (QED) is 0.628. The number of carbonyl (C=O) groups excluding carboxylic acids is 1. The molecule has 0 spiro atoms. The number of likely N-dealkylation sites (tertiary alicyclic amines) is 1. The van der Waals surface area contributed by atoms with Gasteiger partial charge in [0.2, 0.25) is 5.75 Å². The topological polar surface area (TPSA) is 69.3 Å². The van der Waals surface area contributed by atoms with Gasteiger partial charge in [0, 0.05) is 24.4 Å². The van der Waals surface area contributed by atoms with Crippen LogP contribution in [-0.2, 0) is 16.1 Å². The first kappa shape index (κ1) is 21.8. The van der Waals surface area contributed by atoms with Gasteiger partial charge in [-0.15, -0.1) is 0 Å². The summed E-state index contributed by atoms with van der Waals surface area (Å²) < 4.78 is 21.8. The molecule has 1 N–H and O–H groups in total. The Bertz CT molecular complexity index is 803. The molecule has 0 unspecified atom stereocenters. The first-order valence-corrected chi connectivity index (χ1v) is 10.1. The molecule has 1 aliphatic heterocycles. The molecule has 162 valence electrons. The van der Waals surface area contributed by atoms with Crippen molar-refractivity contribution in [1.29, 1.82) is 0 Å². The maximum absolute atomic E-state index is 12.7. The Kier molecular flexibility index (Phi) is 7.79. The summed E-state index contributed by atoms with van der Waals surface area (Å²) in [5.74, 6) is 1.53. The lowest BCUT2D eigenvalue weighted by Crippen LogP contribution is -2.47. The molecule has 2 aromatic carbocycles. The second-order valence-electron chi connectivity index (χ2n) is 7.17. The maximum Gasteiger partial charge on any atom is 0.323 e. The summed E-state index contributed by atoms with van der Waals surface area (Å²) in [6.45, 7) is 1.65. The number of hydrogen-bond donors (Lipinski definition) is 1. The van der Waals surface area contributed by atoms with Gasteiger partial charge in [-0.2, -0.15) is 0 Å². The smallest absolute Gasteiger partial charge is 0.323 e. The van der Waals surface area contributed by atoms with E-state index in [0.717, 1.165) is 37.1 Å². The molecule has 1 fully saturated rings. The molecule has 0 radical (unpaired) electrons. The monoisotopic (exact) mass is 414 g/mol. The van der Waals surface area contributed by atoms with Crippen LogP contribution in [0.4, 0.5) is 5.69 Å². The molecule has 30 heavy (non-hydrogen) atoms. The van der Waals surface area contributed by atoms with Crippen molar-refractivity contribution in [2.75, 3.05) is 39.9 Å². The number of esters is 1. The minimum absolute atomic E-state index is 0.176. The van der Waals surface area contributed by atoms with Crippen LogP contribution in [0.1, 0.15) is 24.8 Å². The molecule has 0 bridgehead atoms. The Hall–Kier alpha value is -2.93. The van der Waals surface area contributed by atoms with E-state index in [1.54, 1.807) is 21.3 Å². The molecule has 1 heterocycles. The van der Waals surface area contributed by atoms with E-state index in [1.807, 2.05) is 42.5 Å². The van der Waals surface area contributed by atoms with Gasteiger partial charge in [-0.05, 0) is 18.4 Å². The molecule has 0 amide bonds. The van der Waals surface area contributed by atoms with Crippen molar-refractivity contribution in [2.24, 2.45) is 0 Å². The summed E-state index contributed by atoms with van der Waals surface area (Å²) in [7, 11) is 4.75. The molecule has 1 atom stereocenters. The van der Waals surface area contributed by atoms with Gasteiger partial charge in [0.1, 0.15) is 12.6 Å². The lowest BCUT2D eigenvalue weighted by molar-refractivity contribution is -0.152. The summed E-state index contributed by atoms with van der Waals surface area (Å²) in [6, 6.07) is 13.2. The third-order valence-electron chi connectivity index (χ3n) is 5.26. The van der Waals surface area contributed by atoms with Crippen molar-refractivity contribution in [3.63, 3.8) is 0 Å². The summed E-state index contributed by atoms with van der Waals surface area (Å²) in [6.07, 6.45) is 2.87. The molecule has 0 saturated carbocycles. The van der Waals surface area contributed by atoms with Crippen molar-refractivity contribution in [2.45, 2.75) is 31.9 Å². The fourth-order valence-corrected chi connectivity index (χ4v) is 3.65. The standard InChI is InChI=1S/C23H30N2O5/c1-27-20-13-18(14-21(28-2)22(20)29-3)24-16-25-12-8-7-11-19(25)23(26)30-15-17-9-5-4-6-10-17/h4-6,9-10,13-14,19,24H,7-8,11-12,15-16H2,1-3H3/t19-/m0/s1. The zero-order chi connectivity index (χ0) is 21.3. The van der Waals surface area contributed by atoms with E-state index in [4.69, 9.17) is 18.9 Å². The molecule has 2 aromatic rings. The number of nitrogens with one attached hydrogen (secondary N) is 1. The summed E-state index contributed by atoms with van der Waals surface area (Å²) in [5, 5.41) is 3.38. The number of ether oxygens (including phenoxy) is 4. The van der Waals surface area contributed by atoms with Gasteiger partial charge in [-0.3, -0.25) is 9.69 Å². The SMILES string of the molecule is COc1cc(NCN2CCCC[C@H]2C(=O)OCc2ccccc2)cc(OC)c1OC. The van der Waals surface area contributed by atoms with E-state index < -0.39 is 0 Å². The number of methoxy groups -OCH3 is 3. The minimum Gasteiger partial charge on any atom is -0.493 e. The number of piperidine rings is 1. The highest BCUT2D eigenvalue weighted by molar-refractivity contribution is 5.76. The summed E-state index contributed by atoms with van der Waals surface area (Å²) >= 11 is 0. The zero-order valence-corrected chi connectivity index (χ0v) is 17.8. The highest BCUT2D eigenvalue weighted by Crippen LogP contribution is 2.40. The number of nitrogens with zero attached hydrogens (tertiary/aromatic N) is 1. The lowest BCUT2D eigenvalue weighted by Gasteiger charge is -2.34. The lowest BCUT2D eigenvalue weighted by atomic mass is 10.0. The van der Waals surface area contributed by atoms with Crippen LogP contribution in [0.3, 0.4) is 0 Å². The van der Waals surface area contributed by atoms with Gasteiger partial charge in [0.15, 0.2) is 11.5 Å². The number of carbonyl (C=O) groups is 1. The van der Waals surface area contributed by atoms with Crippen LogP contribution in [0, 0.1) is 0 Å². The van der Waals surface area contributed by atoms with Crippen molar-refractivity contribution >= 4 is 11.7 Å². The van der Waals surface area contributed by atoms with E-state index in [0.29, 0.717) is 30.5 Å². The van der Waals surface area contributed by atoms with E-state index >= 15 is 0 Å². The van der Waals surface area contributed by atoms with Gasteiger partial charge in [0.05, 0.1) is 28.0 Å². The fourth-order valence-electron chi connectivity index (χ4n) is 3.65. The molecule has 7 nitrogen and oxygen atoms in total. The number of rotatable bonds is 9. The molecule has 1 saturated heterocycles. The molecule has 0 aromatic heterocycles. The van der Waals surface area contributed by atoms with Gasteiger partial charge in [0.25, 0.3) is 0 Å². The van der Waals surface area contributed by atoms with Crippen LogP contribution in [0.15, 0.2) is 42.5 Å². The second kappa shape index (κ2) is 10.7. The number of hydrogen-bond acceptors (Lipinski definition) is 7. The Morgan fingerprint density at radius 3 is 2.37 bits per heavy atom. The molecular weight excluding hydrogens is 384 g/mol. The molecule has 0 aliphatic carbocycles. The maximum atomic E-state index is 12.7.